The maximum absolute atomic E-state index is 11.2. The van der Waals surface area contributed by atoms with Crippen molar-refractivity contribution in [3.8, 4) is 0 Å². The molecule has 2 rings (SSSR count). The predicted octanol–water partition coefficient (Wildman–Crippen LogP) is 1.46. The molecular formula is C13H19ClN2O. The summed E-state index contributed by atoms with van der Waals surface area (Å²) in [6, 6.07) is 10.3. The number of likely N-dealkylation sites (N-methyl/N-ethyl adjacent to an activating group) is 1. The largest absolute Gasteiger partial charge is 0.368 e. The van der Waals surface area contributed by atoms with Gasteiger partial charge in [0.05, 0.1) is 6.04 Å². The van der Waals surface area contributed by atoms with Crippen molar-refractivity contribution in [2.45, 2.75) is 18.9 Å². The van der Waals surface area contributed by atoms with Crippen LogP contribution in [0.1, 0.15) is 12.0 Å². The zero-order valence-electron chi connectivity index (χ0n) is 10.0. The number of hydrogen-bond acceptors (Lipinski definition) is 2. The molecule has 17 heavy (non-hydrogen) atoms. The minimum Gasteiger partial charge on any atom is -0.368 e. The van der Waals surface area contributed by atoms with Crippen LogP contribution in [0, 0.1) is 5.92 Å². The van der Waals surface area contributed by atoms with Gasteiger partial charge in [-0.25, -0.2) is 0 Å². The lowest BCUT2D eigenvalue weighted by molar-refractivity contribution is -0.121. The second kappa shape index (κ2) is 6.03. The molecule has 1 aromatic carbocycles. The van der Waals surface area contributed by atoms with Crippen molar-refractivity contribution in [2.75, 3.05) is 13.6 Å². The normalized spacial score (nSPS) is 24.3. The topological polar surface area (TPSA) is 46.3 Å². The number of primary amides is 1. The molecule has 0 spiro atoms. The highest BCUT2D eigenvalue weighted by molar-refractivity contribution is 5.85. The Hall–Kier alpha value is -1.06. The minimum absolute atomic E-state index is 0. The number of nitrogens with two attached hydrogens (primary N) is 1. The highest BCUT2D eigenvalue weighted by atomic mass is 35.5. The minimum atomic E-state index is -0.196. The highest BCUT2D eigenvalue weighted by Crippen LogP contribution is 2.24. The summed E-state index contributed by atoms with van der Waals surface area (Å²) in [7, 11) is 1.97. The fourth-order valence-corrected chi connectivity index (χ4v) is 2.53. The molecule has 2 unspecified atom stereocenters. The van der Waals surface area contributed by atoms with E-state index in [2.05, 4.69) is 29.2 Å². The molecule has 2 N–H and O–H groups in total. The lowest BCUT2D eigenvalue weighted by atomic mass is 9.97. The lowest BCUT2D eigenvalue weighted by Crippen LogP contribution is -2.37. The fraction of sp³-hybridized carbons (Fsp3) is 0.462. The van der Waals surface area contributed by atoms with Crippen LogP contribution in [0.25, 0.3) is 0 Å². The monoisotopic (exact) mass is 254 g/mol. The maximum atomic E-state index is 11.2. The van der Waals surface area contributed by atoms with E-state index in [1.807, 2.05) is 13.1 Å². The van der Waals surface area contributed by atoms with Gasteiger partial charge in [0.15, 0.2) is 0 Å². The Morgan fingerprint density at radius 2 is 2.06 bits per heavy atom. The summed E-state index contributed by atoms with van der Waals surface area (Å²) in [5.41, 5.74) is 6.70. The fourth-order valence-electron chi connectivity index (χ4n) is 2.53. The molecule has 0 bridgehead atoms. The summed E-state index contributed by atoms with van der Waals surface area (Å²) in [6.45, 7) is 0.961. The molecule has 0 radical (unpaired) electrons. The van der Waals surface area contributed by atoms with Gasteiger partial charge >= 0.3 is 0 Å². The van der Waals surface area contributed by atoms with Crippen LogP contribution in [-0.4, -0.2) is 30.4 Å². The Bertz CT molecular complexity index is 369. The molecule has 0 aromatic heterocycles. The van der Waals surface area contributed by atoms with E-state index in [9.17, 15) is 4.79 Å². The Kier molecular flexibility index (Phi) is 4.97. The second-order valence-electron chi connectivity index (χ2n) is 4.65. The summed E-state index contributed by atoms with van der Waals surface area (Å²) < 4.78 is 0. The molecule has 1 heterocycles. The first-order valence-corrected chi connectivity index (χ1v) is 5.70. The highest BCUT2D eigenvalue weighted by Gasteiger charge is 2.32. The Morgan fingerprint density at radius 1 is 1.41 bits per heavy atom. The molecule has 1 aromatic rings. The van der Waals surface area contributed by atoms with Crippen LogP contribution in [0.15, 0.2) is 30.3 Å². The molecule has 3 nitrogen and oxygen atoms in total. The first kappa shape index (κ1) is 14.0. The maximum Gasteiger partial charge on any atom is 0.234 e. The van der Waals surface area contributed by atoms with Crippen LogP contribution in [0.4, 0.5) is 0 Å². The number of hydrogen-bond donors (Lipinski definition) is 1. The van der Waals surface area contributed by atoms with Crippen molar-refractivity contribution in [3.05, 3.63) is 35.9 Å². The van der Waals surface area contributed by atoms with Crippen LogP contribution < -0.4 is 5.73 Å². The summed E-state index contributed by atoms with van der Waals surface area (Å²) in [5, 5.41) is 0. The van der Waals surface area contributed by atoms with E-state index in [1.165, 1.54) is 5.56 Å². The first-order chi connectivity index (χ1) is 7.66. The van der Waals surface area contributed by atoms with Crippen molar-refractivity contribution in [1.82, 2.24) is 4.90 Å². The van der Waals surface area contributed by atoms with E-state index >= 15 is 0 Å². The van der Waals surface area contributed by atoms with Gasteiger partial charge in [-0.1, -0.05) is 30.3 Å². The summed E-state index contributed by atoms with van der Waals surface area (Å²) in [6.07, 6.45) is 1.93. The molecule has 1 amide bonds. The molecule has 1 fully saturated rings. The third-order valence-electron chi connectivity index (χ3n) is 3.33. The Labute approximate surface area is 108 Å². The third kappa shape index (κ3) is 3.45. The van der Waals surface area contributed by atoms with Gasteiger partial charge in [-0.2, -0.15) is 0 Å². The quantitative estimate of drug-likeness (QED) is 0.888. The first-order valence-electron chi connectivity index (χ1n) is 5.70. The molecule has 1 saturated heterocycles. The van der Waals surface area contributed by atoms with Crippen molar-refractivity contribution < 1.29 is 4.79 Å². The van der Waals surface area contributed by atoms with Crippen LogP contribution in [-0.2, 0) is 11.2 Å². The molecule has 1 aliphatic heterocycles. The Morgan fingerprint density at radius 3 is 2.59 bits per heavy atom. The zero-order valence-corrected chi connectivity index (χ0v) is 10.8. The van der Waals surface area contributed by atoms with Crippen LogP contribution >= 0.6 is 12.4 Å². The average Bonchev–Trinajstić information content (AvgIpc) is 2.61. The molecule has 2 atom stereocenters. The smallest absolute Gasteiger partial charge is 0.234 e. The summed E-state index contributed by atoms with van der Waals surface area (Å²) in [4.78, 5) is 13.3. The van der Waals surface area contributed by atoms with Crippen molar-refractivity contribution >= 4 is 18.3 Å². The van der Waals surface area contributed by atoms with Crippen LogP contribution in [0.3, 0.4) is 0 Å². The molecule has 1 aliphatic rings. The van der Waals surface area contributed by atoms with Gasteiger partial charge in [-0.05, 0) is 31.4 Å². The van der Waals surface area contributed by atoms with Crippen molar-refractivity contribution in [2.24, 2.45) is 11.7 Å². The number of likely N-dealkylation sites (tertiary alicyclic amines) is 1. The van der Waals surface area contributed by atoms with Crippen molar-refractivity contribution in [3.63, 3.8) is 0 Å². The SMILES string of the molecule is CN1CC(Cc2ccccc2)CC1C(N)=O.Cl. The third-order valence-corrected chi connectivity index (χ3v) is 3.33. The van der Waals surface area contributed by atoms with Crippen LogP contribution in [0.5, 0.6) is 0 Å². The molecule has 0 aliphatic carbocycles. The van der Waals surface area contributed by atoms with Gasteiger partial charge < -0.3 is 5.73 Å². The molecule has 0 saturated carbocycles. The summed E-state index contributed by atoms with van der Waals surface area (Å²) in [5.74, 6) is 0.350. The number of benzene rings is 1. The van der Waals surface area contributed by atoms with Gasteiger partial charge in [-0.15, -0.1) is 12.4 Å². The molecular weight excluding hydrogens is 236 g/mol. The van der Waals surface area contributed by atoms with E-state index in [-0.39, 0.29) is 24.4 Å². The molecule has 94 valence electrons. The number of carbonyl (C=O) groups excluding carboxylic acids is 1. The van der Waals surface area contributed by atoms with E-state index < -0.39 is 0 Å². The summed E-state index contributed by atoms with van der Waals surface area (Å²) >= 11 is 0. The number of nitrogens with zero attached hydrogens (tertiary/aromatic N) is 1. The lowest BCUT2D eigenvalue weighted by Gasteiger charge is -2.14. The standard InChI is InChI=1S/C13H18N2O.ClH/c1-15-9-11(8-12(15)13(14)16)7-10-5-3-2-4-6-10;/h2-6,11-12H,7-9H2,1H3,(H2,14,16);1H. The number of carbonyl (C=O) groups is 1. The number of amides is 1. The van der Waals surface area contributed by atoms with Gasteiger partial charge in [0.2, 0.25) is 5.91 Å². The molecule has 4 heteroatoms. The number of halogens is 1. The zero-order chi connectivity index (χ0) is 11.5. The van der Waals surface area contributed by atoms with E-state index in [4.69, 9.17) is 5.73 Å². The van der Waals surface area contributed by atoms with Crippen molar-refractivity contribution in [1.29, 1.82) is 0 Å². The average molecular weight is 255 g/mol. The predicted molar refractivity (Wildman–Crippen MR) is 71.1 cm³/mol. The van der Waals surface area contributed by atoms with Gasteiger partial charge in [-0.3, -0.25) is 9.69 Å². The number of rotatable bonds is 3. The van der Waals surface area contributed by atoms with Gasteiger partial charge in [0, 0.05) is 6.54 Å². The van der Waals surface area contributed by atoms with E-state index in [0.717, 1.165) is 19.4 Å². The van der Waals surface area contributed by atoms with E-state index in [1.54, 1.807) is 0 Å². The Balaban J connectivity index is 0.00000144. The van der Waals surface area contributed by atoms with Gasteiger partial charge in [0.25, 0.3) is 0 Å². The van der Waals surface area contributed by atoms with Crippen LogP contribution in [0.2, 0.25) is 0 Å². The van der Waals surface area contributed by atoms with Gasteiger partial charge in [0.1, 0.15) is 0 Å². The second-order valence-corrected chi connectivity index (χ2v) is 4.65. The van der Waals surface area contributed by atoms with E-state index in [0.29, 0.717) is 5.92 Å².